The molecule has 0 N–H and O–H groups in total. The molecule has 0 radical (unpaired) electrons. The van der Waals surface area contributed by atoms with Gasteiger partial charge >= 0.3 is 0 Å². The number of aryl methyl sites for hydroxylation is 2. The van der Waals surface area contributed by atoms with Crippen molar-refractivity contribution in [3.05, 3.63) is 113 Å². The van der Waals surface area contributed by atoms with Crippen LogP contribution in [0.3, 0.4) is 0 Å². The Labute approximate surface area is 217 Å². The molecule has 4 aromatic carbocycles. The van der Waals surface area contributed by atoms with Gasteiger partial charge in [0, 0.05) is 11.1 Å². The van der Waals surface area contributed by atoms with E-state index in [1.54, 1.807) is 12.1 Å². The molecule has 192 valence electrons. The lowest BCUT2D eigenvalue weighted by Crippen LogP contribution is -2.00. The van der Waals surface area contributed by atoms with Crippen LogP contribution in [0.15, 0.2) is 78.9 Å². The highest BCUT2D eigenvalue weighted by atomic mass is 19.2. The molecule has 4 rings (SSSR count). The van der Waals surface area contributed by atoms with Crippen molar-refractivity contribution in [1.82, 2.24) is 0 Å². The highest BCUT2D eigenvalue weighted by molar-refractivity contribution is 5.66. The number of ether oxygens (including phenoxy) is 1. The minimum absolute atomic E-state index is 0.0700. The van der Waals surface area contributed by atoms with Crippen LogP contribution in [-0.2, 0) is 19.4 Å². The molecule has 0 aliphatic heterocycles. The molecule has 4 heteroatoms. The van der Waals surface area contributed by atoms with Gasteiger partial charge in [-0.05, 0) is 65.3 Å². The van der Waals surface area contributed by atoms with Crippen LogP contribution in [0.25, 0.3) is 22.3 Å². The summed E-state index contributed by atoms with van der Waals surface area (Å²) >= 11 is 0. The fraction of sp³-hybridized carbons (Fsp3) is 0.273. The second-order valence-electron chi connectivity index (χ2n) is 9.44. The summed E-state index contributed by atoms with van der Waals surface area (Å²) in [5, 5.41) is 0. The molecule has 0 bridgehead atoms. The zero-order valence-corrected chi connectivity index (χ0v) is 21.5. The molecule has 0 fully saturated rings. The van der Waals surface area contributed by atoms with E-state index in [-0.39, 0.29) is 23.7 Å². The molecule has 0 saturated heterocycles. The van der Waals surface area contributed by atoms with Crippen molar-refractivity contribution in [2.24, 2.45) is 0 Å². The molecule has 0 amide bonds. The summed E-state index contributed by atoms with van der Waals surface area (Å²) in [4.78, 5) is 0. The summed E-state index contributed by atoms with van der Waals surface area (Å²) in [6.45, 7) is 4.32. The molecule has 0 saturated carbocycles. The van der Waals surface area contributed by atoms with Crippen molar-refractivity contribution in [3.63, 3.8) is 0 Å². The summed E-state index contributed by atoms with van der Waals surface area (Å²) in [6, 6.07) is 23.2. The normalized spacial score (nSPS) is 11.1. The first kappa shape index (κ1) is 26.5. The van der Waals surface area contributed by atoms with Crippen LogP contribution in [0.5, 0.6) is 5.75 Å². The quantitative estimate of drug-likeness (QED) is 0.186. The SMILES string of the molecule is CCCCCc1ccc(-c2ccc(COc3ccc(-c4ccc(CCC)cc4)c(F)c3F)cc2)c(F)c1. The average Bonchev–Trinajstić information content (AvgIpc) is 2.91. The summed E-state index contributed by atoms with van der Waals surface area (Å²) in [6.07, 6.45) is 6.19. The number of hydrogen-bond donors (Lipinski definition) is 0. The van der Waals surface area contributed by atoms with Crippen LogP contribution < -0.4 is 4.74 Å². The van der Waals surface area contributed by atoms with Crippen molar-refractivity contribution in [1.29, 1.82) is 0 Å². The number of halogens is 3. The van der Waals surface area contributed by atoms with Crippen LogP contribution in [-0.4, -0.2) is 0 Å². The molecule has 0 aliphatic carbocycles. The maximum absolute atomic E-state index is 14.8. The average molecular weight is 503 g/mol. The first-order chi connectivity index (χ1) is 18.0. The van der Waals surface area contributed by atoms with E-state index in [1.807, 2.05) is 60.7 Å². The van der Waals surface area contributed by atoms with Gasteiger partial charge in [0.15, 0.2) is 11.6 Å². The van der Waals surface area contributed by atoms with Gasteiger partial charge in [0.2, 0.25) is 5.82 Å². The lowest BCUT2D eigenvalue weighted by Gasteiger charge is -2.12. The van der Waals surface area contributed by atoms with E-state index < -0.39 is 11.6 Å². The Bertz CT molecular complexity index is 1310. The molecule has 0 aromatic heterocycles. The highest BCUT2D eigenvalue weighted by Crippen LogP contribution is 2.31. The maximum Gasteiger partial charge on any atom is 0.201 e. The molecule has 0 aliphatic rings. The standard InChI is InChI=1S/C33H33F3O/c1-3-5-6-8-24-13-18-28(30(34)21-24)26-16-11-25(12-17-26)22-37-31-20-19-29(32(35)33(31)36)27-14-9-23(7-4-2)10-15-27/h9-21H,3-8,22H2,1-2H3. The van der Waals surface area contributed by atoms with Crippen LogP contribution in [0.2, 0.25) is 0 Å². The van der Waals surface area contributed by atoms with Crippen molar-refractivity contribution in [3.8, 4) is 28.0 Å². The van der Waals surface area contributed by atoms with Crippen molar-refractivity contribution < 1.29 is 17.9 Å². The molecule has 0 heterocycles. The Morgan fingerprint density at radius 3 is 1.84 bits per heavy atom. The smallest absolute Gasteiger partial charge is 0.201 e. The summed E-state index contributed by atoms with van der Waals surface area (Å²) in [5.74, 6) is -2.31. The lowest BCUT2D eigenvalue weighted by molar-refractivity contribution is 0.285. The van der Waals surface area contributed by atoms with Crippen LogP contribution in [0.1, 0.15) is 56.2 Å². The Kier molecular flexibility index (Phi) is 9.05. The number of unbranched alkanes of at least 4 members (excludes halogenated alkanes) is 2. The molecule has 0 unspecified atom stereocenters. The molecular formula is C33H33F3O. The van der Waals surface area contributed by atoms with E-state index >= 15 is 0 Å². The van der Waals surface area contributed by atoms with Gasteiger partial charge in [-0.25, -0.2) is 8.78 Å². The third kappa shape index (κ3) is 6.62. The monoisotopic (exact) mass is 502 g/mol. The maximum atomic E-state index is 14.8. The summed E-state index contributed by atoms with van der Waals surface area (Å²) in [7, 11) is 0. The van der Waals surface area contributed by atoms with Gasteiger partial charge in [-0.15, -0.1) is 0 Å². The third-order valence-electron chi connectivity index (χ3n) is 6.61. The van der Waals surface area contributed by atoms with E-state index in [1.165, 1.54) is 11.6 Å². The van der Waals surface area contributed by atoms with Crippen LogP contribution in [0.4, 0.5) is 13.2 Å². The topological polar surface area (TPSA) is 9.23 Å². The van der Waals surface area contributed by atoms with E-state index in [2.05, 4.69) is 13.8 Å². The van der Waals surface area contributed by atoms with Crippen LogP contribution >= 0.6 is 0 Å². The van der Waals surface area contributed by atoms with Crippen molar-refractivity contribution in [2.75, 3.05) is 0 Å². The van der Waals surface area contributed by atoms with E-state index in [0.29, 0.717) is 11.1 Å². The van der Waals surface area contributed by atoms with Gasteiger partial charge in [0.25, 0.3) is 0 Å². The Morgan fingerprint density at radius 1 is 0.568 bits per heavy atom. The number of benzene rings is 4. The molecule has 37 heavy (non-hydrogen) atoms. The van der Waals surface area contributed by atoms with E-state index in [4.69, 9.17) is 4.74 Å². The van der Waals surface area contributed by atoms with Gasteiger partial charge in [-0.2, -0.15) is 4.39 Å². The Balaban J connectivity index is 1.41. The third-order valence-corrected chi connectivity index (χ3v) is 6.61. The fourth-order valence-electron chi connectivity index (χ4n) is 4.47. The number of hydrogen-bond acceptors (Lipinski definition) is 1. The van der Waals surface area contributed by atoms with Gasteiger partial charge < -0.3 is 4.74 Å². The predicted octanol–water partition coefficient (Wildman–Crippen LogP) is 9.70. The van der Waals surface area contributed by atoms with Gasteiger partial charge in [0.05, 0.1) is 0 Å². The van der Waals surface area contributed by atoms with Gasteiger partial charge in [-0.1, -0.05) is 93.8 Å². The lowest BCUT2D eigenvalue weighted by atomic mass is 10.00. The number of rotatable bonds is 11. The second kappa shape index (κ2) is 12.6. The van der Waals surface area contributed by atoms with Crippen LogP contribution in [0, 0.1) is 17.5 Å². The van der Waals surface area contributed by atoms with Gasteiger partial charge in [-0.3, -0.25) is 0 Å². The Morgan fingerprint density at radius 2 is 1.19 bits per heavy atom. The van der Waals surface area contributed by atoms with Gasteiger partial charge in [0.1, 0.15) is 12.4 Å². The molecule has 0 spiro atoms. The van der Waals surface area contributed by atoms with E-state index in [9.17, 15) is 13.2 Å². The first-order valence-electron chi connectivity index (χ1n) is 13.1. The first-order valence-corrected chi connectivity index (χ1v) is 13.1. The minimum atomic E-state index is -1.01. The second-order valence-corrected chi connectivity index (χ2v) is 9.44. The minimum Gasteiger partial charge on any atom is -0.486 e. The fourth-order valence-corrected chi connectivity index (χ4v) is 4.47. The summed E-state index contributed by atoms with van der Waals surface area (Å²) < 4.78 is 49.9. The zero-order chi connectivity index (χ0) is 26.2. The zero-order valence-electron chi connectivity index (χ0n) is 21.5. The van der Waals surface area contributed by atoms with Crippen molar-refractivity contribution in [2.45, 2.75) is 59.0 Å². The predicted molar refractivity (Wildman–Crippen MR) is 145 cm³/mol. The Hall–Kier alpha value is -3.53. The molecular weight excluding hydrogens is 469 g/mol. The summed E-state index contributed by atoms with van der Waals surface area (Å²) in [5.41, 5.74) is 5.07. The van der Waals surface area contributed by atoms with E-state index in [0.717, 1.165) is 55.2 Å². The molecule has 0 atom stereocenters. The molecule has 4 aromatic rings. The highest BCUT2D eigenvalue weighted by Gasteiger charge is 2.16. The largest absolute Gasteiger partial charge is 0.486 e. The van der Waals surface area contributed by atoms with Crippen molar-refractivity contribution >= 4 is 0 Å². The molecule has 1 nitrogen and oxygen atoms in total.